The molecule has 0 fully saturated rings. The molecule has 0 aliphatic heterocycles. The van der Waals surface area contributed by atoms with Gasteiger partial charge in [0.25, 0.3) is 15.9 Å². The van der Waals surface area contributed by atoms with Gasteiger partial charge < -0.3 is 9.84 Å². The van der Waals surface area contributed by atoms with Crippen molar-refractivity contribution in [3.8, 4) is 0 Å². The Hall–Kier alpha value is -2.55. The summed E-state index contributed by atoms with van der Waals surface area (Å²) in [5, 5.41) is 6.98. The van der Waals surface area contributed by atoms with Gasteiger partial charge in [0.2, 0.25) is 5.88 Å². The monoisotopic (exact) mass is 439 g/mol. The minimum atomic E-state index is -3.86. The van der Waals surface area contributed by atoms with E-state index >= 15 is 0 Å². The summed E-state index contributed by atoms with van der Waals surface area (Å²) in [6.45, 7) is 3.41. The molecule has 146 valence electrons. The molecule has 1 heterocycles. The molecule has 28 heavy (non-hydrogen) atoms. The molecule has 0 radical (unpaired) electrons. The van der Waals surface area contributed by atoms with Crippen LogP contribution in [-0.2, 0) is 10.0 Å². The number of carbonyl (C=O) groups excluding carboxylic acids is 1. The van der Waals surface area contributed by atoms with Gasteiger partial charge in [-0.15, -0.1) is 0 Å². The van der Waals surface area contributed by atoms with Crippen LogP contribution in [0.3, 0.4) is 0 Å². The number of hydrogen-bond acceptors (Lipinski definition) is 5. The van der Waals surface area contributed by atoms with Crippen molar-refractivity contribution in [2.45, 2.75) is 18.7 Å². The van der Waals surface area contributed by atoms with Crippen LogP contribution in [0.1, 0.15) is 21.6 Å². The summed E-state index contributed by atoms with van der Waals surface area (Å²) < 4.78 is 32.3. The Morgan fingerprint density at radius 2 is 1.71 bits per heavy atom. The fourth-order valence-electron chi connectivity index (χ4n) is 2.25. The third-order valence-corrected chi connectivity index (χ3v) is 6.07. The fourth-order valence-corrected chi connectivity index (χ4v) is 3.59. The molecule has 2 aromatic carbocycles. The van der Waals surface area contributed by atoms with Crippen LogP contribution in [0, 0.1) is 13.8 Å². The van der Waals surface area contributed by atoms with E-state index in [1.54, 1.807) is 13.8 Å². The highest BCUT2D eigenvalue weighted by Gasteiger charge is 2.19. The molecule has 0 saturated heterocycles. The van der Waals surface area contributed by atoms with Gasteiger partial charge in [0, 0.05) is 16.8 Å². The van der Waals surface area contributed by atoms with Gasteiger partial charge in [-0.2, -0.15) is 0 Å². The van der Waals surface area contributed by atoms with E-state index in [9.17, 15) is 13.2 Å². The molecule has 0 aliphatic carbocycles. The summed E-state index contributed by atoms with van der Waals surface area (Å²) in [6.07, 6.45) is 0. The molecule has 0 atom stereocenters. The highest BCUT2D eigenvalue weighted by atomic mass is 35.5. The smallest absolute Gasteiger partial charge is 0.264 e. The molecule has 3 rings (SSSR count). The second-order valence-electron chi connectivity index (χ2n) is 5.93. The van der Waals surface area contributed by atoms with Crippen molar-refractivity contribution in [1.29, 1.82) is 0 Å². The number of aryl methyl sites for hydroxylation is 1. The number of amides is 1. The number of anilines is 2. The molecule has 2 N–H and O–H groups in total. The van der Waals surface area contributed by atoms with E-state index < -0.39 is 15.9 Å². The van der Waals surface area contributed by atoms with E-state index in [4.69, 9.17) is 27.7 Å². The van der Waals surface area contributed by atoms with Gasteiger partial charge in [0.15, 0.2) is 0 Å². The van der Waals surface area contributed by atoms with Crippen molar-refractivity contribution in [3.63, 3.8) is 0 Å². The third kappa shape index (κ3) is 4.30. The van der Waals surface area contributed by atoms with Crippen molar-refractivity contribution in [2.75, 3.05) is 10.0 Å². The summed E-state index contributed by atoms with van der Waals surface area (Å²) >= 11 is 11.8. The van der Waals surface area contributed by atoms with E-state index in [-0.39, 0.29) is 15.8 Å². The van der Waals surface area contributed by atoms with Crippen LogP contribution < -0.4 is 10.0 Å². The van der Waals surface area contributed by atoms with Crippen LogP contribution in [0.4, 0.5) is 11.6 Å². The molecule has 7 nitrogen and oxygen atoms in total. The van der Waals surface area contributed by atoms with Crippen LogP contribution in [0.2, 0.25) is 10.0 Å². The lowest BCUT2D eigenvalue weighted by atomic mass is 10.2. The first-order valence-corrected chi connectivity index (χ1v) is 10.2. The zero-order chi connectivity index (χ0) is 20.5. The SMILES string of the molecule is Cc1noc(NS(=O)(=O)c2ccc(NC(=O)c3ccc(Cl)c(Cl)c3)cc2)c1C. The zero-order valence-electron chi connectivity index (χ0n) is 14.8. The number of nitrogens with zero attached hydrogens (tertiary/aromatic N) is 1. The van der Waals surface area contributed by atoms with Crippen LogP contribution in [0.25, 0.3) is 0 Å². The highest BCUT2D eigenvalue weighted by molar-refractivity contribution is 7.92. The maximum absolute atomic E-state index is 12.5. The molecular formula is C18H15Cl2N3O4S. The average Bonchev–Trinajstić information content (AvgIpc) is 2.96. The molecule has 0 bridgehead atoms. The van der Waals surface area contributed by atoms with Gasteiger partial charge in [-0.1, -0.05) is 28.4 Å². The van der Waals surface area contributed by atoms with Crippen LogP contribution >= 0.6 is 23.2 Å². The number of hydrogen-bond donors (Lipinski definition) is 2. The molecule has 3 aromatic rings. The van der Waals surface area contributed by atoms with Crippen LogP contribution in [0.15, 0.2) is 51.9 Å². The summed E-state index contributed by atoms with van der Waals surface area (Å²) in [5.74, 6) is -0.338. The third-order valence-electron chi connectivity index (χ3n) is 3.99. The Morgan fingerprint density at radius 3 is 2.29 bits per heavy atom. The van der Waals surface area contributed by atoms with Gasteiger partial charge in [0.1, 0.15) is 0 Å². The molecule has 10 heteroatoms. The maximum atomic E-state index is 12.5. The number of carbonyl (C=O) groups is 1. The van der Waals surface area contributed by atoms with Gasteiger partial charge in [-0.3, -0.25) is 4.79 Å². The van der Waals surface area contributed by atoms with Crippen molar-refractivity contribution in [1.82, 2.24) is 5.16 Å². The summed E-state index contributed by atoms with van der Waals surface area (Å²) in [4.78, 5) is 12.3. The second-order valence-corrected chi connectivity index (χ2v) is 8.43. The maximum Gasteiger partial charge on any atom is 0.264 e. The van der Waals surface area contributed by atoms with Crippen molar-refractivity contribution in [3.05, 3.63) is 69.3 Å². The van der Waals surface area contributed by atoms with Crippen molar-refractivity contribution in [2.24, 2.45) is 0 Å². The lowest BCUT2D eigenvalue weighted by molar-refractivity contribution is 0.102. The first-order valence-electron chi connectivity index (χ1n) is 7.99. The lowest BCUT2D eigenvalue weighted by Crippen LogP contribution is -2.14. The molecule has 1 amide bonds. The zero-order valence-corrected chi connectivity index (χ0v) is 17.1. The average molecular weight is 440 g/mol. The lowest BCUT2D eigenvalue weighted by Gasteiger charge is -2.09. The Labute approximate surface area is 171 Å². The summed E-state index contributed by atoms with van der Waals surface area (Å²) in [5.41, 5.74) is 1.94. The van der Waals surface area contributed by atoms with E-state index in [1.165, 1.54) is 42.5 Å². The van der Waals surface area contributed by atoms with E-state index in [0.29, 0.717) is 27.5 Å². The molecule has 0 unspecified atom stereocenters. The van der Waals surface area contributed by atoms with Gasteiger partial charge in [-0.05, 0) is 56.3 Å². The predicted molar refractivity (Wildman–Crippen MR) is 108 cm³/mol. The summed E-state index contributed by atoms with van der Waals surface area (Å²) in [7, 11) is -3.86. The van der Waals surface area contributed by atoms with Gasteiger partial charge in [-0.25, -0.2) is 13.1 Å². The second kappa shape index (κ2) is 7.83. The first kappa shape index (κ1) is 20.2. The predicted octanol–water partition coefficient (Wildman–Crippen LogP) is 4.65. The number of sulfonamides is 1. The Bertz CT molecular complexity index is 1140. The largest absolute Gasteiger partial charge is 0.337 e. The topological polar surface area (TPSA) is 101 Å². The minimum absolute atomic E-state index is 0.00786. The number of aromatic nitrogens is 1. The normalized spacial score (nSPS) is 11.3. The van der Waals surface area contributed by atoms with E-state index in [2.05, 4.69) is 15.2 Å². The Balaban J connectivity index is 1.74. The van der Waals surface area contributed by atoms with Gasteiger partial charge >= 0.3 is 0 Å². The number of rotatable bonds is 5. The first-order chi connectivity index (χ1) is 13.2. The molecule has 0 saturated carbocycles. The number of benzene rings is 2. The van der Waals surface area contributed by atoms with Crippen LogP contribution in [-0.4, -0.2) is 19.5 Å². The fraction of sp³-hybridized carbons (Fsp3) is 0.111. The van der Waals surface area contributed by atoms with Crippen molar-refractivity contribution < 1.29 is 17.7 Å². The number of halogens is 2. The minimum Gasteiger partial charge on any atom is -0.337 e. The molecule has 0 spiro atoms. The quantitative estimate of drug-likeness (QED) is 0.602. The molecular weight excluding hydrogens is 425 g/mol. The van der Waals surface area contributed by atoms with Crippen LogP contribution in [0.5, 0.6) is 0 Å². The van der Waals surface area contributed by atoms with Crippen molar-refractivity contribution >= 4 is 50.7 Å². The summed E-state index contributed by atoms with van der Waals surface area (Å²) in [6, 6.07) is 10.2. The van der Waals surface area contributed by atoms with E-state index in [0.717, 1.165) is 0 Å². The number of nitrogens with one attached hydrogen (secondary N) is 2. The molecule has 1 aromatic heterocycles. The van der Waals surface area contributed by atoms with Gasteiger partial charge in [0.05, 0.1) is 20.6 Å². The van der Waals surface area contributed by atoms with E-state index in [1.807, 2.05) is 0 Å². The Morgan fingerprint density at radius 1 is 1.04 bits per heavy atom. The molecule has 0 aliphatic rings. The standard InChI is InChI=1S/C18H15Cl2N3O4S/c1-10-11(2)22-27-18(10)23-28(25,26)14-6-4-13(5-7-14)21-17(24)12-3-8-15(19)16(20)9-12/h3-9,23H,1-2H3,(H,21,24). The highest BCUT2D eigenvalue weighted by Crippen LogP contribution is 2.24. The Kier molecular flexibility index (Phi) is 5.64.